The number of hydrogen-bond donors (Lipinski definition) is 1. The third-order valence-electron chi connectivity index (χ3n) is 6.85. The molecule has 184 valence electrons. The molecule has 2 aromatic rings. The van der Waals surface area contributed by atoms with Crippen LogP contribution in [0.2, 0.25) is 0 Å². The number of Topliss-reactive ketones (excluding diaryl/α,β-unsaturated/α-hetero) is 1. The number of amides is 1. The van der Waals surface area contributed by atoms with Gasteiger partial charge in [-0.1, -0.05) is 31.2 Å². The van der Waals surface area contributed by atoms with Gasteiger partial charge < -0.3 is 14.7 Å². The summed E-state index contributed by atoms with van der Waals surface area (Å²) in [6.07, 6.45) is 1.13. The molecule has 1 fully saturated rings. The number of likely N-dealkylation sites (N-methyl/N-ethyl adjacent to an activating group) is 1. The standard InChI is InChI=1S/C27H35FN2O4/c1-5-8-25(32)29(3)24-17-30(13-14-34-4)16-22(27(33)19-9-6-10-20(31)15-19)26(24)21-11-7-12-23(28)18(21)2/h6-7,9-12,15,22,24,26,31H,5,8,13-14,16-17H2,1-4H3/t22-,24+,26+/m0/s1. The van der Waals surface area contributed by atoms with E-state index in [-0.39, 0.29) is 29.3 Å². The van der Waals surface area contributed by atoms with Gasteiger partial charge in [0.1, 0.15) is 11.6 Å². The zero-order chi connectivity index (χ0) is 24.8. The number of methoxy groups -OCH3 is 1. The van der Waals surface area contributed by atoms with Gasteiger partial charge in [-0.25, -0.2) is 4.39 Å². The topological polar surface area (TPSA) is 70.1 Å². The average molecular weight is 471 g/mol. The monoisotopic (exact) mass is 470 g/mol. The van der Waals surface area contributed by atoms with Crippen LogP contribution in [-0.2, 0) is 9.53 Å². The van der Waals surface area contributed by atoms with Crippen molar-refractivity contribution >= 4 is 11.7 Å². The van der Waals surface area contributed by atoms with Gasteiger partial charge in [0, 0.05) is 57.6 Å². The van der Waals surface area contributed by atoms with Crippen molar-refractivity contribution < 1.29 is 23.8 Å². The van der Waals surface area contributed by atoms with Crippen molar-refractivity contribution in [2.75, 3.05) is 40.4 Å². The number of ether oxygens (including phenoxy) is 1. The first-order chi connectivity index (χ1) is 16.3. The number of halogens is 1. The summed E-state index contributed by atoms with van der Waals surface area (Å²) >= 11 is 0. The molecule has 1 saturated heterocycles. The molecule has 34 heavy (non-hydrogen) atoms. The molecule has 1 heterocycles. The molecule has 0 saturated carbocycles. The second kappa shape index (κ2) is 11.6. The minimum absolute atomic E-state index is 0.00343. The number of aromatic hydroxyl groups is 1. The molecular formula is C27H35FN2O4. The summed E-state index contributed by atoms with van der Waals surface area (Å²) < 4.78 is 19.9. The quantitative estimate of drug-likeness (QED) is 0.561. The van der Waals surface area contributed by atoms with E-state index in [9.17, 15) is 19.1 Å². The Hall–Kier alpha value is -2.77. The number of piperidine rings is 1. The van der Waals surface area contributed by atoms with E-state index in [1.807, 2.05) is 13.0 Å². The zero-order valence-electron chi connectivity index (χ0n) is 20.5. The molecule has 0 aliphatic carbocycles. The fourth-order valence-corrected chi connectivity index (χ4v) is 4.98. The number of carbonyl (C=O) groups is 2. The maximum Gasteiger partial charge on any atom is 0.222 e. The molecule has 0 radical (unpaired) electrons. The van der Waals surface area contributed by atoms with Crippen molar-refractivity contribution in [3.63, 3.8) is 0 Å². The first-order valence-electron chi connectivity index (χ1n) is 11.8. The molecule has 2 aromatic carbocycles. The SMILES string of the molecule is CCCC(=O)N(C)[C@@H]1CN(CCOC)C[C@H](C(=O)c2cccc(O)c2)[C@H]1c1cccc(F)c1C. The largest absolute Gasteiger partial charge is 0.508 e. The summed E-state index contributed by atoms with van der Waals surface area (Å²) in [5, 5.41) is 9.98. The Kier molecular flexibility index (Phi) is 8.80. The van der Waals surface area contributed by atoms with E-state index in [0.29, 0.717) is 43.8 Å². The molecule has 0 unspecified atom stereocenters. The van der Waals surface area contributed by atoms with Crippen LogP contribution in [0.4, 0.5) is 4.39 Å². The van der Waals surface area contributed by atoms with E-state index in [1.54, 1.807) is 44.2 Å². The van der Waals surface area contributed by atoms with Crippen LogP contribution >= 0.6 is 0 Å². The summed E-state index contributed by atoms with van der Waals surface area (Å²) in [7, 11) is 3.41. The van der Waals surface area contributed by atoms with Crippen LogP contribution in [0.25, 0.3) is 0 Å². The first-order valence-corrected chi connectivity index (χ1v) is 11.8. The van der Waals surface area contributed by atoms with Gasteiger partial charge in [-0.15, -0.1) is 0 Å². The molecule has 6 nitrogen and oxygen atoms in total. The number of ketones is 1. The third-order valence-corrected chi connectivity index (χ3v) is 6.85. The molecule has 0 spiro atoms. The lowest BCUT2D eigenvalue weighted by Gasteiger charge is -2.47. The molecule has 1 amide bonds. The van der Waals surface area contributed by atoms with E-state index >= 15 is 0 Å². The van der Waals surface area contributed by atoms with Crippen LogP contribution in [0.1, 0.15) is 47.2 Å². The molecule has 0 bridgehead atoms. The van der Waals surface area contributed by atoms with Crippen LogP contribution in [0, 0.1) is 18.7 Å². The Balaban J connectivity index is 2.12. The number of phenolic OH excluding ortho intramolecular Hbond substituents is 1. The molecule has 1 N–H and O–H groups in total. The van der Waals surface area contributed by atoms with Crippen molar-refractivity contribution in [2.45, 2.75) is 38.6 Å². The maximum absolute atomic E-state index is 14.7. The number of nitrogens with zero attached hydrogens (tertiary/aromatic N) is 2. The zero-order valence-corrected chi connectivity index (χ0v) is 20.5. The van der Waals surface area contributed by atoms with E-state index < -0.39 is 11.8 Å². The van der Waals surface area contributed by atoms with Gasteiger partial charge in [-0.3, -0.25) is 14.5 Å². The highest BCUT2D eigenvalue weighted by Gasteiger charge is 2.44. The summed E-state index contributed by atoms with van der Waals surface area (Å²) in [6, 6.07) is 10.9. The predicted molar refractivity (Wildman–Crippen MR) is 130 cm³/mol. The van der Waals surface area contributed by atoms with Crippen molar-refractivity contribution in [3.8, 4) is 5.75 Å². The Morgan fingerprint density at radius 3 is 2.62 bits per heavy atom. The summed E-state index contributed by atoms with van der Waals surface area (Å²) in [6.45, 7) is 5.80. The van der Waals surface area contributed by atoms with Crippen molar-refractivity contribution in [1.82, 2.24) is 9.80 Å². The van der Waals surface area contributed by atoms with Crippen molar-refractivity contribution in [1.29, 1.82) is 0 Å². The summed E-state index contributed by atoms with van der Waals surface area (Å²) in [5.74, 6) is -1.37. The molecule has 1 aliphatic heterocycles. The number of likely N-dealkylation sites (tertiary alicyclic amines) is 1. The summed E-state index contributed by atoms with van der Waals surface area (Å²) in [4.78, 5) is 30.7. The van der Waals surface area contributed by atoms with E-state index in [2.05, 4.69) is 4.90 Å². The fourth-order valence-electron chi connectivity index (χ4n) is 4.98. The lowest BCUT2D eigenvalue weighted by Crippen LogP contribution is -2.57. The molecule has 0 aromatic heterocycles. The second-order valence-electron chi connectivity index (χ2n) is 9.08. The molecule has 3 rings (SSSR count). The number of phenols is 1. The Morgan fingerprint density at radius 2 is 1.94 bits per heavy atom. The van der Waals surface area contributed by atoms with Gasteiger partial charge in [0.2, 0.25) is 5.91 Å². The summed E-state index contributed by atoms with van der Waals surface area (Å²) in [5.41, 5.74) is 1.64. The molecule has 7 heteroatoms. The molecule has 3 atom stereocenters. The van der Waals surface area contributed by atoms with Crippen LogP contribution in [-0.4, -0.2) is 73.0 Å². The Morgan fingerprint density at radius 1 is 1.21 bits per heavy atom. The van der Waals surface area contributed by atoms with Gasteiger partial charge >= 0.3 is 0 Å². The third kappa shape index (κ3) is 5.65. The van der Waals surface area contributed by atoms with Gasteiger partial charge in [-0.05, 0) is 42.7 Å². The van der Waals surface area contributed by atoms with Gasteiger partial charge in [0.05, 0.1) is 12.6 Å². The lowest BCUT2D eigenvalue weighted by molar-refractivity contribution is -0.134. The first kappa shape index (κ1) is 25.8. The van der Waals surface area contributed by atoms with E-state index in [4.69, 9.17) is 4.74 Å². The second-order valence-corrected chi connectivity index (χ2v) is 9.08. The normalized spacial score (nSPS) is 20.8. The van der Waals surface area contributed by atoms with Crippen molar-refractivity contribution in [3.05, 3.63) is 65.0 Å². The average Bonchev–Trinajstić information content (AvgIpc) is 2.83. The minimum atomic E-state index is -0.533. The Labute approximate surface area is 201 Å². The van der Waals surface area contributed by atoms with E-state index in [0.717, 1.165) is 12.0 Å². The van der Waals surface area contributed by atoms with Crippen LogP contribution < -0.4 is 0 Å². The maximum atomic E-state index is 14.7. The van der Waals surface area contributed by atoms with Gasteiger partial charge in [-0.2, -0.15) is 0 Å². The van der Waals surface area contributed by atoms with Crippen molar-refractivity contribution in [2.24, 2.45) is 5.92 Å². The number of hydrogen-bond acceptors (Lipinski definition) is 5. The lowest BCUT2D eigenvalue weighted by atomic mass is 9.72. The number of benzene rings is 2. The number of carbonyl (C=O) groups excluding carboxylic acids is 2. The van der Waals surface area contributed by atoms with Gasteiger partial charge in [0.15, 0.2) is 5.78 Å². The predicted octanol–water partition coefficient (Wildman–Crippen LogP) is 4.01. The Bertz CT molecular complexity index is 1010. The fraction of sp³-hybridized carbons (Fsp3) is 0.481. The minimum Gasteiger partial charge on any atom is -0.508 e. The molecule has 1 aliphatic rings. The smallest absolute Gasteiger partial charge is 0.222 e. The highest BCUT2D eigenvalue weighted by atomic mass is 19.1. The number of rotatable bonds is 9. The van der Waals surface area contributed by atoms with Gasteiger partial charge in [0.25, 0.3) is 0 Å². The highest BCUT2D eigenvalue weighted by molar-refractivity contribution is 5.99. The van der Waals surface area contributed by atoms with Crippen LogP contribution in [0.15, 0.2) is 42.5 Å². The highest BCUT2D eigenvalue weighted by Crippen LogP contribution is 2.40. The van der Waals surface area contributed by atoms with Crippen LogP contribution in [0.3, 0.4) is 0 Å². The molecular weight excluding hydrogens is 435 g/mol. The van der Waals surface area contributed by atoms with E-state index in [1.165, 1.54) is 18.2 Å². The van der Waals surface area contributed by atoms with Crippen LogP contribution in [0.5, 0.6) is 5.75 Å².